The minimum atomic E-state index is 0. The van der Waals surface area contributed by atoms with Gasteiger partial charge >= 0.3 is 0 Å². The molecular formula is C21H28IN3O2. The molecule has 0 unspecified atom stereocenters. The molecule has 1 aliphatic heterocycles. The minimum absolute atomic E-state index is 0. The van der Waals surface area contributed by atoms with Gasteiger partial charge in [0.05, 0.1) is 13.7 Å². The molecule has 0 atom stereocenters. The molecule has 1 heterocycles. The van der Waals surface area contributed by atoms with Crippen molar-refractivity contribution in [3.63, 3.8) is 0 Å². The van der Waals surface area contributed by atoms with Gasteiger partial charge in [0, 0.05) is 26.6 Å². The van der Waals surface area contributed by atoms with Crippen LogP contribution in [0.1, 0.15) is 22.3 Å². The van der Waals surface area contributed by atoms with E-state index in [2.05, 4.69) is 52.0 Å². The second kappa shape index (κ2) is 10.4. The lowest BCUT2D eigenvalue weighted by Crippen LogP contribution is -2.37. The molecule has 0 radical (unpaired) electrons. The molecule has 0 spiro atoms. The topological polar surface area (TPSA) is 54.9 Å². The van der Waals surface area contributed by atoms with Crippen molar-refractivity contribution in [1.82, 2.24) is 10.6 Å². The predicted molar refractivity (Wildman–Crippen MR) is 121 cm³/mol. The number of halogens is 1. The smallest absolute Gasteiger partial charge is 0.191 e. The van der Waals surface area contributed by atoms with Crippen molar-refractivity contribution >= 4 is 29.9 Å². The second-order valence-electron chi connectivity index (χ2n) is 6.45. The molecule has 0 saturated heterocycles. The molecule has 2 N–H and O–H groups in total. The zero-order chi connectivity index (χ0) is 18.4. The molecule has 0 saturated carbocycles. The molecule has 0 aliphatic carbocycles. The van der Waals surface area contributed by atoms with Gasteiger partial charge in [-0.25, -0.2) is 0 Å². The molecule has 0 aromatic heterocycles. The number of fused-ring (bicyclic) bond motifs is 1. The molecule has 2 aromatic carbocycles. The van der Waals surface area contributed by atoms with Crippen LogP contribution in [0.25, 0.3) is 0 Å². The average Bonchev–Trinajstić information content (AvgIpc) is 3.13. The number of aryl methyl sites for hydroxylation is 1. The van der Waals surface area contributed by atoms with Crippen molar-refractivity contribution in [2.45, 2.75) is 26.3 Å². The van der Waals surface area contributed by atoms with E-state index in [1.54, 1.807) is 14.2 Å². The van der Waals surface area contributed by atoms with Gasteiger partial charge in [-0.05, 0) is 47.7 Å². The van der Waals surface area contributed by atoms with Crippen molar-refractivity contribution in [2.24, 2.45) is 4.99 Å². The summed E-state index contributed by atoms with van der Waals surface area (Å²) in [7, 11) is 3.49. The maximum absolute atomic E-state index is 5.56. The van der Waals surface area contributed by atoms with E-state index < -0.39 is 0 Å². The Morgan fingerprint density at radius 1 is 1.15 bits per heavy atom. The number of hydrogen-bond donors (Lipinski definition) is 2. The summed E-state index contributed by atoms with van der Waals surface area (Å²) in [6, 6.07) is 12.7. The van der Waals surface area contributed by atoms with Crippen LogP contribution in [0, 0.1) is 6.92 Å². The summed E-state index contributed by atoms with van der Waals surface area (Å²) in [4.78, 5) is 4.30. The third-order valence-corrected chi connectivity index (χ3v) is 4.62. The second-order valence-corrected chi connectivity index (χ2v) is 6.45. The van der Waals surface area contributed by atoms with Crippen LogP contribution in [0.3, 0.4) is 0 Å². The van der Waals surface area contributed by atoms with Gasteiger partial charge in [-0.3, -0.25) is 4.99 Å². The Kier molecular flexibility index (Phi) is 8.22. The number of nitrogens with zero attached hydrogens (tertiary/aromatic N) is 1. The van der Waals surface area contributed by atoms with Gasteiger partial charge in [0.1, 0.15) is 11.5 Å². The van der Waals surface area contributed by atoms with Crippen LogP contribution in [0.4, 0.5) is 0 Å². The summed E-state index contributed by atoms with van der Waals surface area (Å²) in [5, 5.41) is 6.72. The summed E-state index contributed by atoms with van der Waals surface area (Å²) >= 11 is 0. The van der Waals surface area contributed by atoms with E-state index in [-0.39, 0.29) is 24.0 Å². The highest BCUT2D eigenvalue weighted by Crippen LogP contribution is 2.25. The summed E-state index contributed by atoms with van der Waals surface area (Å²) < 4.78 is 10.9. The summed E-state index contributed by atoms with van der Waals surface area (Å²) in [6.07, 6.45) is 1.96. The standard InChI is InChI=1S/C21H27N3O2.HI/c1-15-4-5-17(13-20(15)25-3)14-24-21(22-2)23-10-8-16-6-7-19-18(12-16)9-11-26-19;/h4-7,12-13H,8-11,14H2,1-3H3,(H2,22,23,24);1H. The first-order valence-electron chi connectivity index (χ1n) is 9.02. The van der Waals surface area contributed by atoms with Gasteiger partial charge in [0.15, 0.2) is 5.96 Å². The number of hydrogen-bond acceptors (Lipinski definition) is 3. The van der Waals surface area contributed by atoms with Gasteiger partial charge in [0.2, 0.25) is 0 Å². The van der Waals surface area contributed by atoms with Crippen molar-refractivity contribution in [2.75, 3.05) is 27.3 Å². The van der Waals surface area contributed by atoms with Crippen LogP contribution < -0.4 is 20.1 Å². The molecular weight excluding hydrogens is 453 g/mol. The molecule has 5 nitrogen and oxygen atoms in total. The third kappa shape index (κ3) is 5.76. The molecule has 27 heavy (non-hydrogen) atoms. The van der Waals surface area contributed by atoms with Crippen LogP contribution in [-0.4, -0.2) is 33.3 Å². The molecule has 1 aliphatic rings. The molecule has 0 bridgehead atoms. The maximum Gasteiger partial charge on any atom is 0.191 e. The van der Waals surface area contributed by atoms with Gasteiger partial charge in [-0.2, -0.15) is 0 Å². The summed E-state index contributed by atoms with van der Waals surface area (Å²) in [6.45, 7) is 4.38. The van der Waals surface area contributed by atoms with Gasteiger partial charge < -0.3 is 20.1 Å². The molecule has 146 valence electrons. The SMILES string of the molecule is CN=C(NCCc1ccc2c(c1)CCO2)NCc1ccc(C)c(OC)c1.I. The Labute approximate surface area is 178 Å². The quantitative estimate of drug-likeness (QED) is 0.377. The fourth-order valence-corrected chi connectivity index (χ4v) is 3.10. The number of guanidine groups is 1. The monoisotopic (exact) mass is 481 g/mol. The highest BCUT2D eigenvalue weighted by molar-refractivity contribution is 14.0. The van der Waals surface area contributed by atoms with Crippen LogP contribution >= 0.6 is 24.0 Å². The Balaban J connectivity index is 0.00000261. The van der Waals surface area contributed by atoms with E-state index in [9.17, 15) is 0 Å². The lowest BCUT2D eigenvalue weighted by molar-refractivity contribution is 0.357. The maximum atomic E-state index is 5.56. The normalized spacial score (nSPS) is 12.6. The number of rotatable bonds is 6. The lowest BCUT2D eigenvalue weighted by Gasteiger charge is -2.13. The first kappa shape index (κ1) is 21.3. The Morgan fingerprint density at radius 3 is 2.74 bits per heavy atom. The Morgan fingerprint density at radius 2 is 1.96 bits per heavy atom. The van der Waals surface area contributed by atoms with Crippen molar-refractivity contribution < 1.29 is 9.47 Å². The zero-order valence-corrected chi connectivity index (χ0v) is 18.5. The highest BCUT2D eigenvalue weighted by atomic mass is 127. The number of methoxy groups -OCH3 is 1. The van der Waals surface area contributed by atoms with Crippen molar-refractivity contribution in [3.8, 4) is 11.5 Å². The number of nitrogens with one attached hydrogen (secondary N) is 2. The van der Waals surface area contributed by atoms with Gasteiger partial charge in [-0.1, -0.05) is 24.3 Å². The van der Waals surface area contributed by atoms with Crippen molar-refractivity contribution in [3.05, 3.63) is 58.7 Å². The van der Waals surface area contributed by atoms with E-state index in [0.29, 0.717) is 6.54 Å². The molecule has 2 aromatic rings. The molecule has 3 rings (SSSR count). The van der Waals surface area contributed by atoms with E-state index in [1.807, 2.05) is 6.92 Å². The molecule has 0 amide bonds. The fourth-order valence-electron chi connectivity index (χ4n) is 3.10. The number of aliphatic imine (C=N–C) groups is 1. The first-order valence-corrected chi connectivity index (χ1v) is 9.02. The zero-order valence-electron chi connectivity index (χ0n) is 16.2. The highest BCUT2D eigenvalue weighted by Gasteiger charge is 2.11. The van der Waals surface area contributed by atoms with E-state index in [0.717, 1.165) is 54.6 Å². The average molecular weight is 481 g/mol. The largest absolute Gasteiger partial charge is 0.496 e. The summed E-state index contributed by atoms with van der Waals surface area (Å²) in [5.74, 6) is 2.74. The third-order valence-electron chi connectivity index (χ3n) is 4.62. The van der Waals surface area contributed by atoms with Gasteiger partial charge in [0.25, 0.3) is 0 Å². The van der Waals surface area contributed by atoms with E-state index in [1.165, 1.54) is 11.1 Å². The van der Waals surface area contributed by atoms with E-state index in [4.69, 9.17) is 9.47 Å². The van der Waals surface area contributed by atoms with Gasteiger partial charge in [-0.15, -0.1) is 24.0 Å². The minimum Gasteiger partial charge on any atom is -0.496 e. The van der Waals surface area contributed by atoms with E-state index >= 15 is 0 Å². The Hall–Kier alpha value is -1.96. The van der Waals surface area contributed by atoms with Crippen LogP contribution in [0.15, 0.2) is 41.4 Å². The Bertz CT molecular complexity index is 793. The first-order chi connectivity index (χ1) is 12.7. The molecule has 6 heteroatoms. The summed E-state index contributed by atoms with van der Waals surface area (Å²) in [5.41, 5.74) is 4.94. The number of benzene rings is 2. The molecule has 0 fully saturated rings. The predicted octanol–water partition coefficient (Wildman–Crippen LogP) is 3.46. The van der Waals surface area contributed by atoms with Crippen LogP contribution in [0.5, 0.6) is 11.5 Å². The van der Waals surface area contributed by atoms with Crippen molar-refractivity contribution in [1.29, 1.82) is 0 Å². The fraction of sp³-hybridized carbons (Fsp3) is 0.381. The van der Waals surface area contributed by atoms with Crippen LogP contribution in [-0.2, 0) is 19.4 Å². The lowest BCUT2D eigenvalue weighted by atomic mass is 10.1. The van der Waals surface area contributed by atoms with Crippen LogP contribution in [0.2, 0.25) is 0 Å². The number of ether oxygens (including phenoxy) is 2.